The van der Waals surface area contributed by atoms with Crippen molar-refractivity contribution < 1.29 is 0 Å². The van der Waals surface area contributed by atoms with Gasteiger partial charge in [-0.2, -0.15) is 16.4 Å². The van der Waals surface area contributed by atoms with Gasteiger partial charge in [-0.3, -0.25) is 10.00 Å². The minimum atomic E-state index is 0.694. The summed E-state index contributed by atoms with van der Waals surface area (Å²) in [4.78, 5) is 2.59. The normalized spacial score (nSPS) is 26.8. The number of likely N-dealkylation sites (tertiary alicyclic amines) is 1. The third kappa shape index (κ3) is 2.41. The second-order valence-corrected chi connectivity index (χ2v) is 6.75. The summed E-state index contributed by atoms with van der Waals surface area (Å²) in [6.07, 6.45) is 6.04. The second kappa shape index (κ2) is 5.31. The fourth-order valence-electron chi connectivity index (χ4n) is 3.55. The van der Waals surface area contributed by atoms with Crippen molar-refractivity contribution in [1.82, 2.24) is 20.4 Å². The summed E-state index contributed by atoms with van der Waals surface area (Å²) in [5, 5.41) is 15.5. The Balaban J connectivity index is 1.51. The van der Waals surface area contributed by atoms with Gasteiger partial charge in [0.25, 0.3) is 0 Å². The number of H-pyrrole nitrogens is 1. The molecule has 106 valence electrons. The smallest absolute Gasteiger partial charge is 0.0703 e. The molecule has 0 saturated carbocycles. The highest BCUT2D eigenvalue weighted by atomic mass is 32.1. The largest absolute Gasteiger partial charge is 0.309 e. The van der Waals surface area contributed by atoms with Crippen molar-refractivity contribution in [2.75, 3.05) is 13.1 Å². The van der Waals surface area contributed by atoms with E-state index >= 15 is 0 Å². The molecule has 2 unspecified atom stereocenters. The van der Waals surface area contributed by atoms with Crippen molar-refractivity contribution in [3.8, 4) is 11.3 Å². The maximum atomic E-state index is 4.25. The van der Waals surface area contributed by atoms with Gasteiger partial charge in [0.05, 0.1) is 11.9 Å². The zero-order valence-corrected chi connectivity index (χ0v) is 12.3. The Labute approximate surface area is 123 Å². The Hall–Kier alpha value is -1.17. The first-order valence-electron chi connectivity index (χ1n) is 7.42. The monoisotopic (exact) mass is 288 g/mol. The van der Waals surface area contributed by atoms with Crippen LogP contribution in [0.2, 0.25) is 0 Å². The van der Waals surface area contributed by atoms with Gasteiger partial charge in [0.1, 0.15) is 0 Å². The van der Waals surface area contributed by atoms with Crippen LogP contribution in [0.3, 0.4) is 0 Å². The minimum absolute atomic E-state index is 0.694. The van der Waals surface area contributed by atoms with Crippen LogP contribution < -0.4 is 5.32 Å². The van der Waals surface area contributed by atoms with E-state index < -0.39 is 0 Å². The van der Waals surface area contributed by atoms with E-state index in [-0.39, 0.29) is 0 Å². The van der Waals surface area contributed by atoms with Crippen LogP contribution in [-0.2, 0) is 6.54 Å². The molecule has 0 aromatic carbocycles. The molecule has 4 heterocycles. The molecular weight excluding hydrogens is 268 g/mol. The lowest BCUT2D eigenvalue weighted by Crippen LogP contribution is -2.58. The molecule has 4 rings (SSSR count). The van der Waals surface area contributed by atoms with Crippen LogP contribution in [-0.4, -0.2) is 40.3 Å². The lowest BCUT2D eigenvalue weighted by atomic mass is 9.94. The van der Waals surface area contributed by atoms with E-state index in [0.29, 0.717) is 12.1 Å². The molecule has 2 aliphatic heterocycles. The predicted molar refractivity (Wildman–Crippen MR) is 81.7 cm³/mol. The first-order valence-corrected chi connectivity index (χ1v) is 8.36. The number of nitrogens with one attached hydrogen (secondary N) is 2. The van der Waals surface area contributed by atoms with Crippen molar-refractivity contribution >= 4 is 11.3 Å². The van der Waals surface area contributed by atoms with Gasteiger partial charge in [0.15, 0.2) is 0 Å². The fraction of sp³-hybridized carbons (Fsp3) is 0.533. The molecule has 5 heteroatoms. The predicted octanol–water partition coefficient (Wildman–Crippen LogP) is 2.46. The zero-order valence-electron chi connectivity index (χ0n) is 11.5. The lowest BCUT2D eigenvalue weighted by Gasteiger charge is -2.42. The number of hydrogen-bond acceptors (Lipinski definition) is 4. The molecule has 0 spiro atoms. The van der Waals surface area contributed by atoms with Crippen LogP contribution >= 0.6 is 11.3 Å². The van der Waals surface area contributed by atoms with Crippen molar-refractivity contribution in [3.05, 3.63) is 28.6 Å². The number of piperidine rings is 1. The average molecular weight is 288 g/mol. The summed E-state index contributed by atoms with van der Waals surface area (Å²) in [5.41, 5.74) is 3.77. The van der Waals surface area contributed by atoms with Gasteiger partial charge in [0.2, 0.25) is 0 Å². The molecule has 0 amide bonds. The highest BCUT2D eigenvalue weighted by Gasteiger charge is 2.30. The van der Waals surface area contributed by atoms with Crippen molar-refractivity contribution in [1.29, 1.82) is 0 Å². The highest BCUT2D eigenvalue weighted by molar-refractivity contribution is 7.08. The summed E-state index contributed by atoms with van der Waals surface area (Å²) < 4.78 is 0. The number of nitrogens with zero attached hydrogens (tertiary/aromatic N) is 2. The summed E-state index contributed by atoms with van der Waals surface area (Å²) in [6.45, 7) is 3.35. The van der Waals surface area contributed by atoms with Gasteiger partial charge in [-0.05, 0) is 24.3 Å². The molecule has 0 radical (unpaired) electrons. The number of aromatic nitrogens is 2. The molecular formula is C15H20N4S. The van der Waals surface area contributed by atoms with Gasteiger partial charge in [-0.25, -0.2) is 0 Å². The van der Waals surface area contributed by atoms with E-state index in [1.807, 2.05) is 6.20 Å². The average Bonchev–Trinajstić information content (AvgIpc) is 3.08. The van der Waals surface area contributed by atoms with Crippen LogP contribution in [0.5, 0.6) is 0 Å². The van der Waals surface area contributed by atoms with Crippen molar-refractivity contribution in [2.45, 2.75) is 37.9 Å². The molecule has 2 aromatic heterocycles. The van der Waals surface area contributed by atoms with Gasteiger partial charge in [-0.15, -0.1) is 0 Å². The molecule has 2 saturated heterocycles. The number of piperazine rings is 1. The number of fused-ring (bicyclic) bond motifs is 2. The molecule has 2 fully saturated rings. The van der Waals surface area contributed by atoms with Crippen molar-refractivity contribution in [2.24, 2.45) is 0 Å². The number of aromatic amines is 1. The van der Waals surface area contributed by atoms with Crippen LogP contribution in [0.4, 0.5) is 0 Å². The lowest BCUT2D eigenvalue weighted by molar-refractivity contribution is 0.119. The van der Waals surface area contributed by atoms with Crippen LogP contribution in [0.25, 0.3) is 11.3 Å². The molecule has 2 aromatic rings. The van der Waals surface area contributed by atoms with Crippen LogP contribution in [0, 0.1) is 0 Å². The topological polar surface area (TPSA) is 44.0 Å². The number of hydrogen-bond donors (Lipinski definition) is 2. The third-order valence-corrected chi connectivity index (χ3v) is 5.14. The highest BCUT2D eigenvalue weighted by Crippen LogP contribution is 2.26. The molecule has 20 heavy (non-hydrogen) atoms. The first-order chi connectivity index (χ1) is 9.88. The Kier molecular flexibility index (Phi) is 3.34. The summed E-state index contributed by atoms with van der Waals surface area (Å²) in [5.74, 6) is 0. The third-order valence-electron chi connectivity index (χ3n) is 4.46. The van der Waals surface area contributed by atoms with Crippen molar-refractivity contribution in [3.63, 3.8) is 0 Å². The van der Waals surface area contributed by atoms with E-state index in [4.69, 9.17) is 0 Å². The molecule has 2 bridgehead atoms. The van der Waals surface area contributed by atoms with E-state index in [0.717, 1.165) is 6.54 Å². The van der Waals surface area contributed by atoms with Crippen LogP contribution in [0.1, 0.15) is 24.8 Å². The number of thiophene rings is 1. The van der Waals surface area contributed by atoms with E-state index in [1.165, 1.54) is 49.2 Å². The van der Waals surface area contributed by atoms with Gasteiger partial charge in [-0.1, -0.05) is 6.42 Å². The van der Waals surface area contributed by atoms with E-state index in [1.54, 1.807) is 11.3 Å². The molecule has 0 aliphatic carbocycles. The van der Waals surface area contributed by atoms with Gasteiger partial charge >= 0.3 is 0 Å². The maximum absolute atomic E-state index is 4.25. The van der Waals surface area contributed by atoms with E-state index in [9.17, 15) is 0 Å². The Morgan fingerprint density at radius 2 is 2.15 bits per heavy atom. The minimum Gasteiger partial charge on any atom is -0.309 e. The summed E-state index contributed by atoms with van der Waals surface area (Å²) in [7, 11) is 0. The van der Waals surface area contributed by atoms with Crippen LogP contribution in [0.15, 0.2) is 23.0 Å². The number of rotatable bonds is 3. The standard InChI is InChI=1S/C15H20N4S/c1-2-13-8-19(9-14(3-1)17-13)7-12-6-16-18-15(12)11-4-5-20-10-11/h4-6,10,13-14,17H,1-3,7-9H2,(H,16,18). The molecule has 2 aliphatic rings. The summed E-state index contributed by atoms with van der Waals surface area (Å²) in [6, 6.07) is 3.55. The summed E-state index contributed by atoms with van der Waals surface area (Å²) >= 11 is 1.73. The van der Waals surface area contributed by atoms with Gasteiger partial charge in [0, 0.05) is 48.2 Å². The molecule has 2 atom stereocenters. The SMILES string of the molecule is c1cc(-c2[nH]ncc2CN2CC3CCCC(C2)N3)cs1. The maximum Gasteiger partial charge on any atom is 0.0703 e. The quantitative estimate of drug-likeness (QED) is 0.912. The zero-order chi connectivity index (χ0) is 13.4. The molecule has 2 N–H and O–H groups in total. The molecule has 4 nitrogen and oxygen atoms in total. The second-order valence-electron chi connectivity index (χ2n) is 5.97. The fourth-order valence-corrected chi connectivity index (χ4v) is 4.20. The Morgan fingerprint density at radius 3 is 2.90 bits per heavy atom. The first kappa shape index (κ1) is 12.6. The Bertz CT molecular complexity index is 550. The van der Waals surface area contributed by atoms with Gasteiger partial charge < -0.3 is 5.32 Å². The van der Waals surface area contributed by atoms with E-state index in [2.05, 4.69) is 37.2 Å². The Morgan fingerprint density at radius 1 is 1.30 bits per heavy atom.